The van der Waals surface area contributed by atoms with Crippen molar-refractivity contribution in [1.82, 2.24) is 9.88 Å². The topological polar surface area (TPSA) is 98.2 Å². The summed E-state index contributed by atoms with van der Waals surface area (Å²) in [6.07, 6.45) is 0. The van der Waals surface area contributed by atoms with Crippen LogP contribution in [-0.4, -0.2) is 25.1 Å². The van der Waals surface area contributed by atoms with E-state index in [0.29, 0.717) is 5.69 Å². The van der Waals surface area contributed by atoms with Gasteiger partial charge in [0.05, 0.1) is 4.99 Å². The molecule has 0 aliphatic rings. The Labute approximate surface area is 106 Å². The van der Waals surface area contributed by atoms with Gasteiger partial charge in [0, 0.05) is 12.5 Å². The lowest BCUT2D eigenvalue weighted by atomic mass is 10.2. The highest BCUT2D eigenvalue weighted by Crippen LogP contribution is 2.18. The van der Waals surface area contributed by atoms with Crippen LogP contribution in [0.2, 0.25) is 0 Å². The Morgan fingerprint density at radius 1 is 1.59 bits per heavy atom. The van der Waals surface area contributed by atoms with Gasteiger partial charge in [-0.05, 0) is 13.8 Å². The molecule has 1 aromatic heterocycles. The summed E-state index contributed by atoms with van der Waals surface area (Å²) in [5.74, 6) is 0.0539. The van der Waals surface area contributed by atoms with Crippen LogP contribution < -0.4 is 10.5 Å². The highest BCUT2D eigenvalue weighted by molar-refractivity contribution is 7.89. The van der Waals surface area contributed by atoms with Crippen LogP contribution >= 0.6 is 12.2 Å². The molecule has 0 amide bonds. The zero-order valence-corrected chi connectivity index (χ0v) is 11.5. The third-order valence-corrected chi connectivity index (χ3v) is 4.37. The molecule has 8 heteroatoms. The molecule has 0 saturated heterocycles. The summed E-state index contributed by atoms with van der Waals surface area (Å²) >= 11 is 4.77. The number of thiocarbonyl (C=S) groups is 1. The van der Waals surface area contributed by atoms with Crippen LogP contribution in [0.1, 0.15) is 18.4 Å². The number of sulfonamides is 1. The maximum Gasteiger partial charge on any atom is 0.245 e. The maximum absolute atomic E-state index is 12.0. The van der Waals surface area contributed by atoms with E-state index in [9.17, 15) is 8.42 Å². The molecular weight excluding hydrogens is 262 g/mol. The van der Waals surface area contributed by atoms with E-state index in [0.717, 1.165) is 0 Å². The number of nitrogens with zero attached hydrogens (tertiary/aromatic N) is 1. The van der Waals surface area contributed by atoms with Crippen LogP contribution in [0, 0.1) is 19.8 Å². The SMILES string of the molecule is Cc1noc(C)c1S(=O)(=O)NCC(C)C(N)=S. The fourth-order valence-electron chi connectivity index (χ4n) is 1.27. The largest absolute Gasteiger partial charge is 0.393 e. The van der Waals surface area contributed by atoms with Gasteiger partial charge in [-0.1, -0.05) is 24.3 Å². The Hall–Kier alpha value is -0.990. The Bertz CT molecular complexity index is 502. The van der Waals surface area contributed by atoms with Crippen molar-refractivity contribution in [3.8, 4) is 0 Å². The van der Waals surface area contributed by atoms with Crippen LogP contribution in [0.15, 0.2) is 9.42 Å². The highest BCUT2D eigenvalue weighted by Gasteiger charge is 2.24. The van der Waals surface area contributed by atoms with Crippen molar-refractivity contribution in [3.63, 3.8) is 0 Å². The molecule has 0 aromatic carbocycles. The molecule has 1 rings (SSSR count). The van der Waals surface area contributed by atoms with E-state index in [1.54, 1.807) is 20.8 Å². The average molecular weight is 277 g/mol. The second-order valence-corrected chi connectivity index (χ2v) is 5.98. The first kappa shape index (κ1) is 14.1. The van der Waals surface area contributed by atoms with Crippen molar-refractivity contribution in [3.05, 3.63) is 11.5 Å². The molecule has 0 aliphatic heterocycles. The van der Waals surface area contributed by atoms with Gasteiger partial charge in [0.2, 0.25) is 10.0 Å². The summed E-state index contributed by atoms with van der Waals surface area (Å²) in [6, 6.07) is 0. The first-order valence-corrected chi connectivity index (χ1v) is 6.86. The molecule has 0 spiro atoms. The number of aromatic nitrogens is 1. The van der Waals surface area contributed by atoms with Gasteiger partial charge in [0.15, 0.2) is 5.76 Å². The van der Waals surface area contributed by atoms with Crippen LogP contribution in [0.25, 0.3) is 0 Å². The van der Waals surface area contributed by atoms with Crippen molar-refractivity contribution < 1.29 is 12.9 Å². The lowest BCUT2D eigenvalue weighted by Gasteiger charge is -2.11. The molecule has 1 atom stereocenters. The predicted octanol–water partition coefficient (Wildman–Crippen LogP) is 0.492. The van der Waals surface area contributed by atoms with Gasteiger partial charge in [-0.2, -0.15) is 0 Å². The first-order valence-electron chi connectivity index (χ1n) is 4.97. The molecule has 0 saturated carbocycles. The number of nitrogens with two attached hydrogens (primary N) is 1. The number of nitrogens with one attached hydrogen (secondary N) is 1. The standard InChI is InChI=1S/C9H15N3O3S2/c1-5(9(10)16)4-11-17(13,14)8-6(2)12-15-7(8)3/h5,11H,4H2,1-3H3,(H2,10,16). The number of aryl methyl sites for hydroxylation is 2. The lowest BCUT2D eigenvalue weighted by Crippen LogP contribution is -2.34. The lowest BCUT2D eigenvalue weighted by molar-refractivity contribution is 0.390. The van der Waals surface area contributed by atoms with Crippen LogP contribution in [0.4, 0.5) is 0 Å². The van der Waals surface area contributed by atoms with Gasteiger partial charge in [0.25, 0.3) is 0 Å². The predicted molar refractivity (Wildman–Crippen MR) is 67.1 cm³/mol. The average Bonchev–Trinajstić information content (AvgIpc) is 2.55. The maximum atomic E-state index is 12.0. The Kier molecular flexibility index (Phi) is 4.23. The Morgan fingerprint density at radius 3 is 2.59 bits per heavy atom. The van der Waals surface area contributed by atoms with E-state index in [-0.39, 0.29) is 28.1 Å². The van der Waals surface area contributed by atoms with E-state index >= 15 is 0 Å². The number of rotatable bonds is 5. The van der Waals surface area contributed by atoms with E-state index < -0.39 is 10.0 Å². The Balaban J connectivity index is 2.87. The van der Waals surface area contributed by atoms with E-state index in [4.69, 9.17) is 22.5 Å². The van der Waals surface area contributed by atoms with Gasteiger partial charge < -0.3 is 10.3 Å². The molecule has 3 N–H and O–H groups in total. The summed E-state index contributed by atoms with van der Waals surface area (Å²) in [5.41, 5.74) is 5.74. The van der Waals surface area contributed by atoms with Crippen molar-refractivity contribution >= 4 is 27.2 Å². The van der Waals surface area contributed by atoms with Crippen molar-refractivity contribution in [2.75, 3.05) is 6.54 Å². The molecule has 1 heterocycles. The summed E-state index contributed by atoms with van der Waals surface area (Å²) in [5, 5.41) is 3.60. The monoisotopic (exact) mass is 277 g/mol. The number of hydrogen-bond donors (Lipinski definition) is 2. The van der Waals surface area contributed by atoms with Gasteiger partial charge >= 0.3 is 0 Å². The third-order valence-electron chi connectivity index (χ3n) is 2.30. The molecule has 0 bridgehead atoms. The minimum atomic E-state index is -3.63. The summed E-state index contributed by atoms with van der Waals surface area (Å²) in [4.78, 5) is 0.346. The highest BCUT2D eigenvalue weighted by atomic mass is 32.2. The molecule has 0 fully saturated rings. The fraction of sp³-hybridized carbons (Fsp3) is 0.556. The van der Waals surface area contributed by atoms with Gasteiger partial charge in [-0.15, -0.1) is 0 Å². The van der Waals surface area contributed by atoms with E-state index in [1.165, 1.54) is 0 Å². The molecule has 17 heavy (non-hydrogen) atoms. The van der Waals surface area contributed by atoms with Crippen molar-refractivity contribution in [1.29, 1.82) is 0 Å². The third kappa shape index (κ3) is 3.24. The second kappa shape index (κ2) is 5.11. The zero-order valence-electron chi connectivity index (χ0n) is 9.85. The summed E-state index contributed by atoms with van der Waals surface area (Å²) < 4.78 is 31.2. The smallest absolute Gasteiger partial charge is 0.245 e. The number of hydrogen-bond acceptors (Lipinski definition) is 5. The van der Waals surface area contributed by atoms with Crippen molar-refractivity contribution in [2.45, 2.75) is 25.7 Å². The van der Waals surface area contributed by atoms with E-state index in [1.807, 2.05) is 0 Å². The second-order valence-electron chi connectivity index (χ2n) is 3.81. The van der Waals surface area contributed by atoms with Crippen molar-refractivity contribution in [2.24, 2.45) is 11.7 Å². The zero-order chi connectivity index (χ0) is 13.2. The molecule has 0 radical (unpaired) electrons. The minimum absolute atomic E-state index is 0.0765. The Morgan fingerprint density at radius 2 is 2.18 bits per heavy atom. The fourth-order valence-corrected chi connectivity index (χ4v) is 2.80. The van der Waals surface area contributed by atoms with Crippen LogP contribution in [0.3, 0.4) is 0 Å². The van der Waals surface area contributed by atoms with Crippen LogP contribution in [0.5, 0.6) is 0 Å². The van der Waals surface area contributed by atoms with Gasteiger partial charge in [0.1, 0.15) is 10.6 Å². The molecule has 6 nitrogen and oxygen atoms in total. The quantitative estimate of drug-likeness (QED) is 0.760. The summed E-state index contributed by atoms with van der Waals surface area (Å²) in [7, 11) is -3.63. The molecule has 1 unspecified atom stereocenters. The van der Waals surface area contributed by atoms with Gasteiger partial charge in [-0.3, -0.25) is 0 Å². The first-order chi connectivity index (χ1) is 7.75. The molecule has 96 valence electrons. The van der Waals surface area contributed by atoms with Gasteiger partial charge in [-0.25, -0.2) is 13.1 Å². The summed E-state index contributed by atoms with van der Waals surface area (Å²) in [6.45, 7) is 5.02. The molecular formula is C9H15N3O3S2. The van der Waals surface area contributed by atoms with E-state index in [2.05, 4.69) is 9.88 Å². The molecule has 1 aromatic rings. The molecule has 0 aliphatic carbocycles. The van der Waals surface area contributed by atoms with Crippen LogP contribution in [-0.2, 0) is 10.0 Å². The normalized spacial score (nSPS) is 13.6. The minimum Gasteiger partial charge on any atom is -0.393 e.